The largest absolute Gasteiger partial charge is 0.422 e. The molecule has 0 fully saturated rings. The van der Waals surface area contributed by atoms with Crippen LogP contribution in [-0.4, -0.2) is 14.8 Å². The number of nitrogens with zero attached hydrogens (tertiary/aromatic N) is 4. The molecule has 4 rings (SSSR count). The average molecular weight is 472 g/mol. The third kappa shape index (κ3) is 4.47. The summed E-state index contributed by atoms with van der Waals surface area (Å²) < 4.78 is 5.26. The van der Waals surface area contributed by atoms with Crippen molar-refractivity contribution in [3.63, 3.8) is 0 Å². The number of rotatable bonds is 6. The van der Waals surface area contributed by atoms with Gasteiger partial charge in [-0.25, -0.2) is 9.78 Å². The van der Waals surface area contributed by atoms with E-state index < -0.39 is 15.5 Å². The molecule has 0 aliphatic carbocycles. The Morgan fingerprint density at radius 3 is 2.65 bits per heavy atom. The summed E-state index contributed by atoms with van der Waals surface area (Å²) in [5.74, 6) is 0. The number of nitro groups is 2. The maximum absolute atomic E-state index is 12.4. The van der Waals surface area contributed by atoms with E-state index in [-0.39, 0.29) is 33.8 Å². The zero-order chi connectivity index (χ0) is 24.2. The summed E-state index contributed by atoms with van der Waals surface area (Å²) in [5, 5.41) is 34.0. The van der Waals surface area contributed by atoms with Gasteiger partial charge in [-0.2, -0.15) is 5.26 Å². The Bertz CT molecular complexity index is 1610. The lowest BCUT2D eigenvalue weighted by Gasteiger charge is -2.00. The maximum atomic E-state index is 12.4. The Balaban J connectivity index is 1.67. The van der Waals surface area contributed by atoms with E-state index >= 15 is 0 Å². The van der Waals surface area contributed by atoms with Crippen molar-refractivity contribution in [2.45, 2.75) is 0 Å². The Morgan fingerprint density at radius 2 is 1.91 bits per heavy atom. The number of aromatic nitrogens is 1. The summed E-state index contributed by atoms with van der Waals surface area (Å²) >= 11 is 1.12. The van der Waals surface area contributed by atoms with Gasteiger partial charge in [0, 0.05) is 29.0 Å². The van der Waals surface area contributed by atoms with Crippen LogP contribution in [0.2, 0.25) is 0 Å². The number of fused-ring (bicyclic) bond motifs is 1. The molecule has 0 atom stereocenters. The van der Waals surface area contributed by atoms with Crippen LogP contribution in [0.15, 0.2) is 75.3 Å². The van der Waals surface area contributed by atoms with E-state index in [2.05, 4.69) is 4.98 Å². The van der Waals surface area contributed by atoms with E-state index in [1.165, 1.54) is 48.6 Å². The smallest absolute Gasteiger partial charge is 0.345 e. The lowest BCUT2D eigenvalue weighted by atomic mass is 10.1. The van der Waals surface area contributed by atoms with Crippen molar-refractivity contribution in [1.29, 1.82) is 5.26 Å². The standard InChI is InChI=1S/C23H12N4O6S/c24-12-15(6-3-5-14-4-1-2-7-20(14)27(31)32)22-25-19(13-34-22)18-11-16-10-17(26(29)30)8-9-21(16)33-23(18)28/h1-11,13H/b5-3+,15-6-. The predicted octanol–water partition coefficient (Wildman–Crippen LogP) is 5.35. The molecule has 0 saturated heterocycles. The highest BCUT2D eigenvalue weighted by atomic mass is 32.1. The quantitative estimate of drug-likeness (QED) is 0.120. The molecule has 0 aliphatic heterocycles. The Labute approximate surface area is 194 Å². The highest BCUT2D eigenvalue weighted by Gasteiger charge is 2.15. The Hall–Kier alpha value is -4.95. The number of thiazole rings is 1. The van der Waals surface area contributed by atoms with Crippen LogP contribution in [0.25, 0.3) is 33.9 Å². The molecule has 10 nitrogen and oxygen atoms in total. The third-order valence-corrected chi connectivity index (χ3v) is 5.61. The van der Waals surface area contributed by atoms with Gasteiger partial charge >= 0.3 is 5.63 Å². The SMILES string of the molecule is N#C/C(=C/C=C/c1ccccc1[N+](=O)[O-])c1nc(-c2cc3cc([N+](=O)[O-])ccc3oc2=O)cs1. The lowest BCUT2D eigenvalue weighted by Crippen LogP contribution is -2.03. The minimum absolute atomic E-state index is 0.0644. The van der Waals surface area contributed by atoms with Crippen LogP contribution in [0, 0.1) is 31.6 Å². The van der Waals surface area contributed by atoms with Crippen LogP contribution in [0.5, 0.6) is 0 Å². The molecule has 0 saturated carbocycles. The van der Waals surface area contributed by atoms with Crippen molar-refractivity contribution >= 4 is 45.3 Å². The first-order valence-corrected chi connectivity index (χ1v) is 10.5. The van der Waals surface area contributed by atoms with Gasteiger partial charge in [0.05, 0.1) is 32.2 Å². The fraction of sp³-hybridized carbons (Fsp3) is 0. The molecule has 0 amide bonds. The molecule has 0 radical (unpaired) electrons. The Kier molecular flexibility index (Phi) is 6.07. The fourth-order valence-electron chi connectivity index (χ4n) is 3.12. The van der Waals surface area contributed by atoms with Gasteiger partial charge in [0.15, 0.2) is 0 Å². The molecule has 11 heteroatoms. The molecule has 2 aromatic carbocycles. The van der Waals surface area contributed by atoms with Gasteiger partial charge < -0.3 is 4.42 Å². The van der Waals surface area contributed by atoms with Crippen molar-refractivity contribution in [3.8, 4) is 17.3 Å². The van der Waals surface area contributed by atoms with Crippen molar-refractivity contribution in [3.05, 3.63) is 107 Å². The number of nitro benzene ring substituents is 2. The molecule has 0 bridgehead atoms. The van der Waals surface area contributed by atoms with Gasteiger partial charge in [0.2, 0.25) is 0 Å². The summed E-state index contributed by atoms with van der Waals surface area (Å²) in [5.41, 5.74) is 0.242. The summed E-state index contributed by atoms with van der Waals surface area (Å²) in [6, 6.07) is 13.6. The van der Waals surface area contributed by atoms with Crippen LogP contribution in [0.4, 0.5) is 11.4 Å². The van der Waals surface area contributed by atoms with Gasteiger partial charge in [-0.3, -0.25) is 20.2 Å². The third-order valence-electron chi connectivity index (χ3n) is 4.73. The second kappa shape index (κ2) is 9.27. The van der Waals surface area contributed by atoms with Crippen LogP contribution < -0.4 is 5.63 Å². The summed E-state index contributed by atoms with van der Waals surface area (Å²) in [7, 11) is 0. The first-order chi connectivity index (χ1) is 16.4. The topological polar surface area (TPSA) is 153 Å². The van der Waals surface area contributed by atoms with Gasteiger partial charge in [-0.1, -0.05) is 18.2 Å². The molecule has 166 valence electrons. The molecular formula is C23H12N4O6S. The van der Waals surface area contributed by atoms with Crippen LogP contribution in [0.3, 0.4) is 0 Å². The summed E-state index contributed by atoms with van der Waals surface area (Å²) in [4.78, 5) is 37.9. The molecule has 0 aliphatic rings. The van der Waals surface area contributed by atoms with E-state index in [1.807, 2.05) is 6.07 Å². The second-order valence-corrected chi connectivity index (χ2v) is 7.69. The first kappa shape index (κ1) is 22.3. The van der Waals surface area contributed by atoms with Gasteiger partial charge in [-0.15, -0.1) is 11.3 Å². The van der Waals surface area contributed by atoms with E-state index in [0.717, 1.165) is 11.3 Å². The highest BCUT2D eigenvalue weighted by Crippen LogP contribution is 2.28. The zero-order valence-corrected chi connectivity index (χ0v) is 17.9. The molecule has 34 heavy (non-hydrogen) atoms. The van der Waals surface area contributed by atoms with Crippen LogP contribution >= 0.6 is 11.3 Å². The minimum atomic E-state index is -0.669. The number of hydrogen-bond donors (Lipinski definition) is 0. The molecule has 2 aromatic heterocycles. The van der Waals surface area contributed by atoms with Crippen LogP contribution in [-0.2, 0) is 0 Å². The van der Waals surface area contributed by atoms with E-state index in [1.54, 1.807) is 23.6 Å². The second-order valence-electron chi connectivity index (χ2n) is 6.83. The lowest BCUT2D eigenvalue weighted by molar-refractivity contribution is -0.385. The average Bonchev–Trinajstić information content (AvgIpc) is 3.31. The number of allylic oxidation sites excluding steroid dienone is 3. The summed E-state index contributed by atoms with van der Waals surface area (Å²) in [6.07, 6.45) is 4.48. The normalized spacial score (nSPS) is 11.6. The van der Waals surface area contributed by atoms with Gasteiger partial charge in [0.1, 0.15) is 16.7 Å². The molecule has 2 heterocycles. The number of para-hydroxylation sites is 1. The zero-order valence-electron chi connectivity index (χ0n) is 17.1. The number of hydrogen-bond acceptors (Lipinski definition) is 9. The first-order valence-electron chi connectivity index (χ1n) is 9.58. The molecule has 0 N–H and O–H groups in total. The van der Waals surface area contributed by atoms with E-state index in [9.17, 15) is 30.3 Å². The van der Waals surface area contributed by atoms with Crippen molar-refractivity contribution in [2.75, 3.05) is 0 Å². The van der Waals surface area contributed by atoms with E-state index in [4.69, 9.17) is 4.42 Å². The van der Waals surface area contributed by atoms with Crippen LogP contribution in [0.1, 0.15) is 10.6 Å². The molecule has 0 spiro atoms. The molecule has 0 unspecified atom stereocenters. The maximum Gasteiger partial charge on any atom is 0.345 e. The highest BCUT2D eigenvalue weighted by molar-refractivity contribution is 7.11. The number of nitriles is 1. The Morgan fingerprint density at radius 1 is 1.12 bits per heavy atom. The van der Waals surface area contributed by atoms with Crippen molar-refractivity contribution in [1.82, 2.24) is 4.98 Å². The summed E-state index contributed by atoms with van der Waals surface area (Å²) in [6.45, 7) is 0. The molecular weight excluding hydrogens is 460 g/mol. The van der Waals surface area contributed by atoms with Crippen molar-refractivity contribution in [2.24, 2.45) is 0 Å². The molecule has 4 aromatic rings. The fourth-order valence-corrected chi connectivity index (χ4v) is 3.92. The van der Waals surface area contributed by atoms with E-state index in [0.29, 0.717) is 16.0 Å². The number of benzene rings is 2. The van der Waals surface area contributed by atoms with Gasteiger partial charge in [0.25, 0.3) is 11.4 Å². The minimum Gasteiger partial charge on any atom is -0.422 e. The number of non-ortho nitro benzene ring substituents is 1. The predicted molar refractivity (Wildman–Crippen MR) is 126 cm³/mol. The van der Waals surface area contributed by atoms with Gasteiger partial charge in [-0.05, 0) is 30.4 Å². The van der Waals surface area contributed by atoms with Crippen molar-refractivity contribution < 1.29 is 14.3 Å². The monoisotopic (exact) mass is 472 g/mol.